The van der Waals surface area contributed by atoms with Crippen molar-refractivity contribution < 1.29 is 18.3 Å². The summed E-state index contributed by atoms with van der Waals surface area (Å²) in [5.74, 6) is 0.983. The van der Waals surface area contributed by atoms with Crippen molar-refractivity contribution in [3.8, 4) is 12.3 Å². The molecule has 16 heavy (non-hydrogen) atoms. The molecule has 0 aliphatic carbocycles. The smallest absolute Gasteiger partial charge is 0.337 e. The van der Waals surface area contributed by atoms with Gasteiger partial charge in [-0.3, -0.25) is 0 Å². The molecule has 0 atom stereocenters. The van der Waals surface area contributed by atoms with Gasteiger partial charge in [0.15, 0.2) is 9.84 Å². The van der Waals surface area contributed by atoms with Crippen molar-refractivity contribution in [3.05, 3.63) is 28.8 Å². The lowest BCUT2D eigenvalue weighted by atomic mass is 10.1. The van der Waals surface area contributed by atoms with Crippen LogP contribution in [0.2, 0.25) is 0 Å². The van der Waals surface area contributed by atoms with Gasteiger partial charge in [0.25, 0.3) is 0 Å². The zero-order chi connectivity index (χ0) is 12.5. The van der Waals surface area contributed by atoms with Crippen molar-refractivity contribution in [2.45, 2.75) is 11.8 Å². The predicted octanol–water partition coefficient (Wildman–Crippen LogP) is 1.08. The molecule has 0 aliphatic rings. The molecule has 0 aliphatic heterocycles. The summed E-state index contributed by atoms with van der Waals surface area (Å²) in [6.07, 6.45) is 6.18. The van der Waals surface area contributed by atoms with Gasteiger partial charge in [0.05, 0.1) is 10.5 Å². The van der Waals surface area contributed by atoms with Crippen LogP contribution >= 0.6 is 0 Å². The Morgan fingerprint density at radius 3 is 2.38 bits per heavy atom. The van der Waals surface area contributed by atoms with Crippen molar-refractivity contribution in [2.24, 2.45) is 0 Å². The standard InChI is InChI=1S/C11H10O4S/c1-4-8-5-7(2)10(16(3,14)15)6-9(8)11(12)13/h1,5-6H,2-3H3,(H,12,13). The van der Waals surface area contributed by atoms with Crippen molar-refractivity contribution in [1.82, 2.24) is 0 Å². The minimum absolute atomic E-state index is 0.0103. The molecule has 1 rings (SSSR count). The van der Waals surface area contributed by atoms with Gasteiger partial charge in [-0.2, -0.15) is 0 Å². The third-order valence-electron chi connectivity index (χ3n) is 2.10. The Morgan fingerprint density at radius 1 is 1.44 bits per heavy atom. The van der Waals surface area contributed by atoms with Gasteiger partial charge in [-0.25, -0.2) is 13.2 Å². The molecule has 0 saturated carbocycles. The summed E-state index contributed by atoms with van der Waals surface area (Å²) < 4.78 is 22.8. The first kappa shape index (κ1) is 12.3. The van der Waals surface area contributed by atoms with E-state index in [1.165, 1.54) is 6.07 Å². The van der Waals surface area contributed by atoms with E-state index in [1.54, 1.807) is 6.92 Å². The summed E-state index contributed by atoms with van der Waals surface area (Å²) in [5, 5.41) is 8.89. The number of hydrogen-bond acceptors (Lipinski definition) is 3. The largest absolute Gasteiger partial charge is 0.478 e. The Kier molecular flexibility index (Phi) is 3.06. The molecule has 84 valence electrons. The Labute approximate surface area is 93.8 Å². The fourth-order valence-electron chi connectivity index (χ4n) is 1.38. The fraction of sp³-hybridized carbons (Fsp3) is 0.182. The summed E-state index contributed by atoms with van der Waals surface area (Å²) >= 11 is 0. The maximum atomic E-state index is 11.4. The molecule has 0 radical (unpaired) electrons. The lowest BCUT2D eigenvalue weighted by Gasteiger charge is -2.07. The second kappa shape index (κ2) is 3.99. The lowest BCUT2D eigenvalue weighted by Crippen LogP contribution is -2.07. The van der Waals surface area contributed by atoms with E-state index in [4.69, 9.17) is 11.5 Å². The van der Waals surface area contributed by atoms with Crippen LogP contribution in [0.15, 0.2) is 17.0 Å². The van der Waals surface area contributed by atoms with E-state index in [2.05, 4.69) is 5.92 Å². The van der Waals surface area contributed by atoms with E-state index in [1.807, 2.05) is 0 Å². The molecule has 4 nitrogen and oxygen atoms in total. The molecule has 1 aromatic carbocycles. The summed E-state index contributed by atoms with van der Waals surface area (Å²) in [5.41, 5.74) is 0.450. The van der Waals surface area contributed by atoms with E-state index in [0.717, 1.165) is 12.3 Å². The number of benzene rings is 1. The van der Waals surface area contributed by atoms with Crippen molar-refractivity contribution in [3.63, 3.8) is 0 Å². The zero-order valence-electron chi connectivity index (χ0n) is 8.81. The number of aromatic carboxylic acids is 1. The van der Waals surface area contributed by atoms with Crippen LogP contribution < -0.4 is 0 Å². The third-order valence-corrected chi connectivity index (χ3v) is 3.34. The number of sulfone groups is 1. The van der Waals surface area contributed by atoms with Crippen LogP contribution in [0.1, 0.15) is 21.5 Å². The maximum Gasteiger partial charge on any atom is 0.337 e. The molecule has 0 heterocycles. The molecule has 5 heteroatoms. The number of carboxylic acids is 1. The molecule has 0 spiro atoms. The quantitative estimate of drug-likeness (QED) is 0.782. The minimum Gasteiger partial charge on any atom is -0.478 e. The predicted molar refractivity (Wildman–Crippen MR) is 59.2 cm³/mol. The normalized spacial score (nSPS) is 10.8. The zero-order valence-corrected chi connectivity index (χ0v) is 9.63. The fourth-order valence-corrected chi connectivity index (χ4v) is 2.36. The van der Waals surface area contributed by atoms with Gasteiger partial charge in [-0.15, -0.1) is 6.42 Å². The van der Waals surface area contributed by atoms with Crippen LogP contribution in [-0.4, -0.2) is 25.7 Å². The number of aryl methyl sites for hydroxylation is 1. The van der Waals surface area contributed by atoms with E-state index < -0.39 is 15.8 Å². The Hall–Kier alpha value is -1.80. The second-order valence-electron chi connectivity index (χ2n) is 3.38. The Bertz CT molecular complexity index is 591. The maximum absolute atomic E-state index is 11.4. The molecule has 1 aromatic rings. The average molecular weight is 238 g/mol. The van der Waals surface area contributed by atoms with E-state index in [9.17, 15) is 13.2 Å². The van der Waals surface area contributed by atoms with E-state index in [0.29, 0.717) is 5.56 Å². The first-order valence-corrected chi connectivity index (χ1v) is 6.21. The highest BCUT2D eigenvalue weighted by Crippen LogP contribution is 2.20. The van der Waals surface area contributed by atoms with Gasteiger partial charge in [-0.05, 0) is 24.6 Å². The molecule has 0 aromatic heterocycles. The molecule has 0 amide bonds. The Balaban J connectivity index is 3.67. The Morgan fingerprint density at radius 2 is 2.00 bits per heavy atom. The summed E-state index contributed by atoms with van der Waals surface area (Å²) in [4.78, 5) is 10.9. The summed E-state index contributed by atoms with van der Waals surface area (Å²) in [6.45, 7) is 1.57. The van der Waals surface area contributed by atoms with E-state index >= 15 is 0 Å². The van der Waals surface area contributed by atoms with Crippen molar-refractivity contribution >= 4 is 15.8 Å². The highest BCUT2D eigenvalue weighted by molar-refractivity contribution is 7.90. The molecular formula is C11H10O4S. The van der Waals surface area contributed by atoms with Gasteiger partial charge in [-0.1, -0.05) is 5.92 Å². The number of carboxylic acid groups (broad SMARTS) is 1. The first-order chi connectivity index (χ1) is 7.27. The van der Waals surface area contributed by atoms with Crippen molar-refractivity contribution in [1.29, 1.82) is 0 Å². The van der Waals surface area contributed by atoms with Crippen molar-refractivity contribution in [2.75, 3.05) is 6.26 Å². The van der Waals surface area contributed by atoms with Crippen LogP contribution in [0, 0.1) is 19.3 Å². The highest BCUT2D eigenvalue weighted by atomic mass is 32.2. The molecule has 0 saturated heterocycles. The summed E-state index contributed by atoms with van der Waals surface area (Å²) in [6, 6.07) is 2.49. The van der Waals surface area contributed by atoms with Crippen LogP contribution in [-0.2, 0) is 9.84 Å². The lowest BCUT2D eigenvalue weighted by molar-refractivity contribution is 0.0696. The molecule has 0 bridgehead atoms. The van der Waals surface area contributed by atoms with Crippen LogP contribution in [0.5, 0.6) is 0 Å². The van der Waals surface area contributed by atoms with Gasteiger partial charge in [0, 0.05) is 11.8 Å². The average Bonchev–Trinajstić information content (AvgIpc) is 2.14. The van der Waals surface area contributed by atoms with E-state index in [-0.39, 0.29) is 16.0 Å². The second-order valence-corrected chi connectivity index (χ2v) is 5.37. The molecule has 0 unspecified atom stereocenters. The molecule has 0 fully saturated rings. The number of carbonyl (C=O) groups is 1. The van der Waals surface area contributed by atoms with Gasteiger partial charge in [0.2, 0.25) is 0 Å². The number of rotatable bonds is 2. The van der Waals surface area contributed by atoms with Crippen LogP contribution in [0.4, 0.5) is 0 Å². The molecular weight excluding hydrogens is 228 g/mol. The summed E-state index contributed by atoms with van der Waals surface area (Å²) in [7, 11) is -3.45. The minimum atomic E-state index is -3.45. The highest BCUT2D eigenvalue weighted by Gasteiger charge is 2.17. The van der Waals surface area contributed by atoms with Crippen LogP contribution in [0.25, 0.3) is 0 Å². The first-order valence-electron chi connectivity index (χ1n) is 4.32. The topological polar surface area (TPSA) is 71.4 Å². The number of hydrogen-bond donors (Lipinski definition) is 1. The monoisotopic (exact) mass is 238 g/mol. The van der Waals surface area contributed by atoms with Gasteiger partial charge >= 0.3 is 5.97 Å². The SMILES string of the molecule is C#Cc1cc(C)c(S(C)(=O)=O)cc1C(=O)O. The molecule has 1 N–H and O–H groups in total. The van der Waals surface area contributed by atoms with Gasteiger partial charge in [0.1, 0.15) is 0 Å². The van der Waals surface area contributed by atoms with Crippen LogP contribution in [0.3, 0.4) is 0 Å². The van der Waals surface area contributed by atoms with Gasteiger partial charge < -0.3 is 5.11 Å². The third kappa shape index (κ3) is 2.23. The number of terminal acetylenes is 1.